The van der Waals surface area contributed by atoms with Crippen LogP contribution in [0.3, 0.4) is 0 Å². The topological polar surface area (TPSA) is 75.7 Å². The smallest absolute Gasteiger partial charge is 0.337 e. The van der Waals surface area contributed by atoms with Crippen LogP contribution in [0.2, 0.25) is 0 Å². The van der Waals surface area contributed by atoms with E-state index in [1.807, 2.05) is 22.6 Å². The van der Waals surface area contributed by atoms with Gasteiger partial charge in [0.05, 0.1) is 17.1 Å². The molecule has 15 heavy (non-hydrogen) atoms. The summed E-state index contributed by atoms with van der Waals surface area (Å²) in [6, 6.07) is 4.89. The summed E-state index contributed by atoms with van der Waals surface area (Å²) in [6.45, 7) is 0. The predicted molar refractivity (Wildman–Crippen MR) is 68.1 cm³/mol. The molecule has 3 N–H and O–H groups in total. The second kappa shape index (κ2) is 5.32. The number of carbonyl (C=O) groups is 1. The number of carboxylic acid groups (broad SMARTS) is 1. The molecule has 0 amide bonds. The summed E-state index contributed by atoms with van der Waals surface area (Å²) in [7, 11) is 0. The molecular weight excluding hydrogens is 330 g/mol. The van der Waals surface area contributed by atoms with Gasteiger partial charge in [-0.2, -0.15) is 0 Å². The first-order valence-electron chi connectivity index (χ1n) is 3.96. The first-order chi connectivity index (χ1) is 7.04. The summed E-state index contributed by atoms with van der Waals surface area (Å²) in [5, 5.41) is 8.93. The van der Waals surface area contributed by atoms with Gasteiger partial charge in [0.2, 0.25) is 0 Å². The fourth-order valence-corrected chi connectivity index (χ4v) is 1.51. The van der Waals surface area contributed by atoms with Crippen LogP contribution in [-0.4, -0.2) is 22.8 Å². The van der Waals surface area contributed by atoms with Crippen molar-refractivity contribution in [3.05, 3.63) is 27.3 Å². The van der Waals surface area contributed by atoms with Crippen LogP contribution in [0.5, 0.6) is 0 Å². The van der Waals surface area contributed by atoms with Gasteiger partial charge in [0.15, 0.2) is 0 Å². The average molecular weight is 339 g/mol. The van der Waals surface area contributed by atoms with Gasteiger partial charge in [0.25, 0.3) is 0 Å². The normalized spacial score (nSPS) is 11.5. The number of hydrogen-bond acceptors (Lipinski definition) is 2. The summed E-state index contributed by atoms with van der Waals surface area (Å²) in [6.07, 6.45) is 0. The Kier molecular flexibility index (Phi) is 4.34. The molecule has 0 heterocycles. The van der Waals surface area contributed by atoms with Gasteiger partial charge in [-0.3, -0.25) is 0 Å². The van der Waals surface area contributed by atoms with Crippen molar-refractivity contribution < 1.29 is 9.90 Å². The van der Waals surface area contributed by atoms with E-state index in [2.05, 4.69) is 4.99 Å². The molecule has 1 rings (SSSR count). The Bertz CT molecular complexity index is 421. The monoisotopic (exact) mass is 338 g/mol. The van der Waals surface area contributed by atoms with Crippen molar-refractivity contribution in [3.8, 4) is 0 Å². The summed E-state index contributed by atoms with van der Waals surface area (Å²) in [5.74, 6) is -0.764. The summed E-state index contributed by atoms with van der Waals surface area (Å²) < 4.78 is 0.827. The fraction of sp³-hybridized carbons (Fsp3) is 0.111. The average Bonchev–Trinajstić information content (AvgIpc) is 2.20. The maximum Gasteiger partial charge on any atom is 0.337 e. The molecule has 6 heteroatoms. The summed E-state index contributed by atoms with van der Waals surface area (Å²) >= 11 is 7.49. The van der Waals surface area contributed by atoms with E-state index in [9.17, 15) is 4.79 Å². The largest absolute Gasteiger partial charge is 0.478 e. The second-order valence-corrected chi connectivity index (χ2v) is 4.22. The molecule has 0 aliphatic heterocycles. The van der Waals surface area contributed by atoms with Crippen molar-refractivity contribution in [2.75, 3.05) is 5.88 Å². The van der Waals surface area contributed by atoms with Crippen molar-refractivity contribution >= 4 is 51.7 Å². The molecule has 0 aliphatic carbocycles. The molecular formula is C9H8ClIN2O2. The van der Waals surface area contributed by atoms with Crippen molar-refractivity contribution in [2.24, 2.45) is 10.7 Å². The molecule has 0 saturated heterocycles. The lowest BCUT2D eigenvalue weighted by atomic mass is 10.2. The number of hydrogen-bond donors (Lipinski definition) is 2. The lowest BCUT2D eigenvalue weighted by Crippen LogP contribution is -2.12. The van der Waals surface area contributed by atoms with E-state index in [0.29, 0.717) is 5.69 Å². The van der Waals surface area contributed by atoms with Crippen LogP contribution in [0, 0.1) is 3.57 Å². The Morgan fingerprint density at radius 2 is 2.27 bits per heavy atom. The number of amidine groups is 1. The van der Waals surface area contributed by atoms with Crippen molar-refractivity contribution in [1.82, 2.24) is 0 Å². The van der Waals surface area contributed by atoms with Crippen molar-refractivity contribution in [3.63, 3.8) is 0 Å². The number of nitrogens with zero attached hydrogens (tertiary/aromatic N) is 1. The Morgan fingerprint density at radius 1 is 1.60 bits per heavy atom. The van der Waals surface area contributed by atoms with Crippen LogP contribution < -0.4 is 5.73 Å². The zero-order valence-electron chi connectivity index (χ0n) is 7.58. The molecule has 80 valence electrons. The first kappa shape index (κ1) is 12.3. The minimum atomic E-state index is -1.03. The molecule has 0 radical (unpaired) electrons. The minimum absolute atomic E-state index is 0.0744. The lowest BCUT2D eigenvalue weighted by Gasteiger charge is -2.02. The van der Waals surface area contributed by atoms with Gasteiger partial charge in [-0.1, -0.05) is 0 Å². The molecule has 4 nitrogen and oxygen atoms in total. The molecule has 0 saturated carbocycles. The third-order valence-electron chi connectivity index (χ3n) is 1.59. The van der Waals surface area contributed by atoms with E-state index in [-0.39, 0.29) is 17.3 Å². The van der Waals surface area contributed by atoms with Crippen LogP contribution >= 0.6 is 34.2 Å². The Labute approximate surface area is 105 Å². The van der Waals surface area contributed by atoms with Gasteiger partial charge in [-0.05, 0) is 40.8 Å². The van der Waals surface area contributed by atoms with Crippen molar-refractivity contribution in [1.29, 1.82) is 0 Å². The fourth-order valence-electron chi connectivity index (χ4n) is 0.962. The third-order valence-corrected chi connectivity index (χ3v) is 2.53. The van der Waals surface area contributed by atoms with Gasteiger partial charge in [0, 0.05) is 3.57 Å². The summed E-state index contributed by atoms with van der Waals surface area (Å²) in [4.78, 5) is 14.8. The molecule has 0 aliphatic rings. The van der Waals surface area contributed by atoms with E-state index in [4.69, 9.17) is 22.4 Å². The third kappa shape index (κ3) is 3.35. The zero-order chi connectivity index (χ0) is 11.4. The Balaban J connectivity index is 3.23. The van der Waals surface area contributed by atoms with E-state index in [1.165, 1.54) is 6.07 Å². The van der Waals surface area contributed by atoms with Crippen LogP contribution in [-0.2, 0) is 0 Å². The maximum atomic E-state index is 10.9. The van der Waals surface area contributed by atoms with Crippen molar-refractivity contribution in [2.45, 2.75) is 0 Å². The minimum Gasteiger partial charge on any atom is -0.478 e. The van der Waals surface area contributed by atoms with E-state index < -0.39 is 5.97 Å². The Morgan fingerprint density at radius 3 is 2.80 bits per heavy atom. The number of aliphatic imine (C=N–C) groups is 1. The van der Waals surface area contributed by atoms with E-state index in [0.717, 1.165) is 3.57 Å². The van der Waals surface area contributed by atoms with Gasteiger partial charge in [-0.15, -0.1) is 11.6 Å². The number of rotatable bonds is 3. The van der Waals surface area contributed by atoms with Gasteiger partial charge >= 0.3 is 5.97 Å². The highest BCUT2D eigenvalue weighted by Crippen LogP contribution is 2.21. The van der Waals surface area contributed by atoms with Gasteiger partial charge in [-0.25, -0.2) is 9.79 Å². The van der Waals surface area contributed by atoms with Crippen LogP contribution in [0.4, 0.5) is 5.69 Å². The predicted octanol–water partition coefficient (Wildman–Crippen LogP) is 2.22. The number of benzene rings is 1. The highest BCUT2D eigenvalue weighted by molar-refractivity contribution is 14.1. The van der Waals surface area contributed by atoms with Crippen LogP contribution in [0.25, 0.3) is 0 Å². The number of alkyl halides is 1. The maximum absolute atomic E-state index is 10.9. The SMILES string of the molecule is NC(CCl)=Nc1ccc(I)cc1C(=O)O. The van der Waals surface area contributed by atoms with Gasteiger partial charge in [0.1, 0.15) is 5.84 Å². The highest BCUT2D eigenvalue weighted by atomic mass is 127. The quantitative estimate of drug-likeness (QED) is 0.384. The standard InChI is InChI=1S/C9H8ClIN2O2/c10-4-8(12)13-7-2-1-5(11)3-6(7)9(14)15/h1-3H,4H2,(H2,12,13)(H,14,15). The molecule has 0 atom stereocenters. The highest BCUT2D eigenvalue weighted by Gasteiger charge is 2.10. The summed E-state index contributed by atoms with van der Waals surface area (Å²) in [5.41, 5.74) is 5.88. The molecule has 1 aromatic rings. The lowest BCUT2D eigenvalue weighted by molar-refractivity contribution is 0.0698. The van der Waals surface area contributed by atoms with E-state index >= 15 is 0 Å². The van der Waals surface area contributed by atoms with E-state index in [1.54, 1.807) is 12.1 Å². The molecule has 0 unspecified atom stereocenters. The Hall–Kier alpha value is -0.820. The molecule has 0 spiro atoms. The molecule has 1 aromatic carbocycles. The number of halogens is 2. The van der Waals surface area contributed by atoms with Crippen LogP contribution in [0.15, 0.2) is 23.2 Å². The number of aromatic carboxylic acids is 1. The molecule has 0 aromatic heterocycles. The number of nitrogens with two attached hydrogens (primary N) is 1. The second-order valence-electron chi connectivity index (χ2n) is 2.70. The zero-order valence-corrected chi connectivity index (χ0v) is 10.5. The number of carboxylic acids is 1. The van der Waals surface area contributed by atoms with Gasteiger partial charge < -0.3 is 10.8 Å². The molecule has 0 fully saturated rings. The molecule has 0 bridgehead atoms. The van der Waals surface area contributed by atoms with Crippen LogP contribution in [0.1, 0.15) is 10.4 Å². The first-order valence-corrected chi connectivity index (χ1v) is 5.57.